The minimum atomic E-state index is -0.763. The van der Waals surface area contributed by atoms with Crippen LogP contribution in [0.1, 0.15) is 22.3 Å². The minimum Gasteiger partial charge on any atom is -0.491 e. The second kappa shape index (κ2) is 15.1. The predicted octanol–water partition coefficient (Wildman–Crippen LogP) is 12.7. The summed E-state index contributed by atoms with van der Waals surface area (Å²) in [5.41, 5.74) is 10.8. The summed E-state index contributed by atoms with van der Waals surface area (Å²) in [5, 5.41) is 28.9. The largest absolute Gasteiger partial charge is 0.491 e. The lowest BCUT2D eigenvalue weighted by atomic mass is 9.67. The Labute approximate surface area is 354 Å². The molecule has 4 nitrogen and oxygen atoms in total. The molecule has 294 valence electrons. The molecule has 0 saturated carbocycles. The molecule has 10 aromatic rings. The van der Waals surface area contributed by atoms with E-state index in [-0.39, 0.29) is 26.4 Å². The molecule has 0 spiro atoms. The van der Waals surface area contributed by atoms with Gasteiger partial charge in [0.05, 0.1) is 18.6 Å². The van der Waals surface area contributed by atoms with Crippen molar-refractivity contribution < 1.29 is 19.7 Å². The van der Waals surface area contributed by atoms with E-state index in [0.29, 0.717) is 11.5 Å². The first kappa shape index (κ1) is 36.8. The van der Waals surface area contributed by atoms with Gasteiger partial charge >= 0.3 is 0 Å². The van der Waals surface area contributed by atoms with Crippen molar-refractivity contribution in [3.05, 3.63) is 216 Å². The van der Waals surface area contributed by atoms with Gasteiger partial charge in [-0.1, -0.05) is 146 Å². The van der Waals surface area contributed by atoms with Gasteiger partial charge in [0.2, 0.25) is 0 Å². The summed E-state index contributed by atoms with van der Waals surface area (Å²) in [4.78, 5) is 0. The van der Waals surface area contributed by atoms with Gasteiger partial charge in [0.25, 0.3) is 0 Å². The van der Waals surface area contributed by atoms with Crippen LogP contribution < -0.4 is 9.47 Å². The third kappa shape index (κ3) is 5.98. The molecule has 10 aromatic carbocycles. The van der Waals surface area contributed by atoms with Crippen molar-refractivity contribution >= 4 is 43.1 Å². The number of aliphatic hydroxyl groups is 2. The van der Waals surface area contributed by atoms with Gasteiger partial charge in [-0.3, -0.25) is 0 Å². The summed E-state index contributed by atoms with van der Waals surface area (Å²) in [6.45, 7) is 0.320. The lowest BCUT2D eigenvalue weighted by Crippen LogP contribution is -2.28. The van der Waals surface area contributed by atoms with Gasteiger partial charge in [-0.2, -0.15) is 0 Å². The summed E-state index contributed by atoms with van der Waals surface area (Å²) in [7, 11) is 0. The normalized spacial score (nSPS) is 12.8. The van der Waals surface area contributed by atoms with Gasteiger partial charge in [-0.15, -0.1) is 0 Å². The molecule has 11 rings (SSSR count). The summed E-state index contributed by atoms with van der Waals surface area (Å²) in [6.07, 6.45) is 0. The van der Waals surface area contributed by atoms with Gasteiger partial charge in [0.15, 0.2) is 0 Å². The van der Waals surface area contributed by atoms with E-state index in [0.717, 1.165) is 22.3 Å². The van der Waals surface area contributed by atoms with Crippen molar-refractivity contribution in [3.8, 4) is 44.9 Å². The van der Waals surface area contributed by atoms with Crippen molar-refractivity contribution in [1.29, 1.82) is 0 Å². The van der Waals surface area contributed by atoms with Crippen LogP contribution in [0.3, 0.4) is 0 Å². The Morgan fingerprint density at radius 2 is 0.721 bits per heavy atom. The number of ether oxygens (including phenoxy) is 2. The highest BCUT2D eigenvalue weighted by Crippen LogP contribution is 2.58. The first-order valence-electron chi connectivity index (χ1n) is 21.0. The fourth-order valence-electron chi connectivity index (χ4n) is 9.96. The number of hydrogen-bond donors (Lipinski definition) is 2. The maximum Gasteiger partial charge on any atom is 0.119 e. The topological polar surface area (TPSA) is 58.9 Å². The van der Waals surface area contributed by atoms with Crippen LogP contribution in [0.4, 0.5) is 0 Å². The van der Waals surface area contributed by atoms with Gasteiger partial charge in [0, 0.05) is 0 Å². The van der Waals surface area contributed by atoms with E-state index in [1.54, 1.807) is 0 Å². The predicted molar refractivity (Wildman–Crippen MR) is 250 cm³/mol. The maximum absolute atomic E-state index is 9.58. The van der Waals surface area contributed by atoms with Crippen molar-refractivity contribution in [1.82, 2.24) is 0 Å². The van der Waals surface area contributed by atoms with Crippen molar-refractivity contribution in [2.24, 2.45) is 0 Å². The maximum atomic E-state index is 9.58. The van der Waals surface area contributed by atoms with E-state index >= 15 is 0 Å². The lowest BCUT2D eigenvalue weighted by molar-refractivity contribution is 0.201. The zero-order valence-electron chi connectivity index (χ0n) is 33.5. The third-order valence-corrected chi connectivity index (χ3v) is 12.6. The average Bonchev–Trinajstić information content (AvgIpc) is 3.62. The Balaban J connectivity index is 1.21. The number of benzene rings is 10. The van der Waals surface area contributed by atoms with Crippen LogP contribution in [0, 0.1) is 0 Å². The van der Waals surface area contributed by atoms with Crippen LogP contribution in [-0.2, 0) is 5.41 Å². The van der Waals surface area contributed by atoms with Crippen LogP contribution in [-0.4, -0.2) is 36.6 Å². The van der Waals surface area contributed by atoms with Crippen LogP contribution in [0.15, 0.2) is 194 Å². The van der Waals surface area contributed by atoms with Crippen LogP contribution in [0.25, 0.3) is 76.5 Å². The minimum absolute atomic E-state index is 0.0599. The van der Waals surface area contributed by atoms with Crippen molar-refractivity contribution in [2.75, 3.05) is 26.4 Å². The van der Waals surface area contributed by atoms with Gasteiger partial charge < -0.3 is 19.7 Å². The molecule has 0 aromatic heterocycles. The second-order valence-corrected chi connectivity index (χ2v) is 15.8. The van der Waals surface area contributed by atoms with E-state index in [9.17, 15) is 10.2 Å². The zero-order valence-corrected chi connectivity index (χ0v) is 33.5. The fraction of sp³-hybridized carbons (Fsp3) is 0.0877. The zero-order chi connectivity index (χ0) is 40.9. The Hall–Kier alpha value is -7.24. The molecule has 0 heterocycles. The van der Waals surface area contributed by atoms with E-state index in [1.165, 1.54) is 76.5 Å². The molecule has 0 bridgehead atoms. The molecule has 0 saturated heterocycles. The van der Waals surface area contributed by atoms with Crippen molar-refractivity contribution in [2.45, 2.75) is 5.41 Å². The van der Waals surface area contributed by atoms with Crippen LogP contribution in [0.2, 0.25) is 0 Å². The molecule has 61 heavy (non-hydrogen) atoms. The molecule has 4 heteroatoms. The Morgan fingerprint density at radius 3 is 1.13 bits per heavy atom. The first-order valence-corrected chi connectivity index (χ1v) is 21.0. The van der Waals surface area contributed by atoms with E-state index < -0.39 is 5.41 Å². The Bertz CT molecular complexity index is 3050. The number of fused-ring (bicyclic) bond motifs is 9. The van der Waals surface area contributed by atoms with Crippen LogP contribution in [0.5, 0.6) is 11.5 Å². The third-order valence-electron chi connectivity index (χ3n) is 12.6. The number of aliphatic hydroxyl groups excluding tert-OH is 2. The summed E-state index contributed by atoms with van der Waals surface area (Å²) in [5.74, 6) is 1.40. The fourth-order valence-corrected chi connectivity index (χ4v) is 9.96. The average molecular weight is 791 g/mol. The van der Waals surface area contributed by atoms with Crippen molar-refractivity contribution in [3.63, 3.8) is 0 Å². The molecule has 1 aliphatic rings. The van der Waals surface area contributed by atoms with Gasteiger partial charge in [-0.05, 0) is 147 Å². The highest BCUT2D eigenvalue weighted by molar-refractivity contribution is 6.15. The van der Waals surface area contributed by atoms with Crippen LogP contribution >= 0.6 is 0 Å². The molecule has 0 unspecified atom stereocenters. The molecule has 0 radical (unpaired) electrons. The molecule has 0 amide bonds. The molecule has 0 fully saturated rings. The molecule has 0 aliphatic heterocycles. The van der Waals surface area contributed by atoms with E-state index in [2.05, 4.69) is 170 Å². The number of hydrogen-bond acceptors (Lipinski definition) is 4. The Kier molecular flexibility index (Phi) is 9.11. The Morgan fingerprint density at radius 1 is 0.344 bits per heavy atom. The summed E-state index contributed by atoms with van der Waals surface area (Å²) >= 11 is 0. The second-order valence-electron chi connectivity index (χ2n) is 15.8. The number of rotatable bonds is 10. The molecule has 1 aliphatic carbocycles. The monoisotopic (exact) mass is 790 g/mol. The summed E-state index contributed by atoms with van der Waals surface area (Å²) < 4.78 is 11.8. The molecular weight excluding hydrogens is 749 g/mol. The van der Waals surface area contributed by atoms with E-state index in [1.807, 2.05) is 24.3 Å². The standard InChI is InChI=1S/C57H42O4/c58-29-31-60-43-23-19-41(20-24-43)57(42-21-25-44(26-22-42)61-32-30-59)55-35-39(53-33-37-9-1-3-11-45(37)47-13-5-7-15-49(47)53)17-27-51(55)52-28-18-40(36-56(52)57)54-34-38-10-2-4-12-46(38)48-14-6-8-16-50(48)54/h1-28,33-36,58-59H,29-32H2. The molecular formula is C57H42O4. The molecule has 2 N–H and O–H groups in total. The SMILES string of the molecule is OCCOc1ccc(C2(c3ccc(OCCO)cc3)c3cc(-c4cc5ccccc5c5ccccc45)ccc3-c3ccc(-c4cc5ccccc5c5ccccc45)cc32)cc1. The molecule has 0 atom stereocenters. The van der Waals surface area contributed by atoms with E-state index in [4.69, 9.17) is 9.47 Å². The summed E-state index contributed by atoms with van der Waals surface area (Å²) in [6, 6.07) is 70.3. The highest BCUT2D eigenvalue weighted by Gasteiger charge is 2.46. The van der Waals surface area contributed by atoms with Gasteiger partial charge in [0.1, 0.15) is 24.7 Å². The van der Waals surface area contributed by atoms with Gasteiger partial charge in [-0.25, -0.2) is 0 Å². The highest BCUT2D eigenvalue weighted by atomic mass is 16.5. The first-order chi connectivity index (χ1) is 30.1. The smallest absolute Gasteiger partial charge is 0.119 e. The quantitative estimate of drug-likeness (QED) is 0.135. The lowest BCUT2D eigenvalue weighted by Gasteiger charge is -2.34.